The summed E-state index contributed by atoms with van der Waals surface area (Å²) >= 11 is 6.99. The molecule has 0 saturated heterocycles. The molecule has 0 amide bonds. The molecule has 0 bridgehead atoms. The van der Waals surface area contributed by atoms with E-state index in [1.165, 1.54) is 0 Å². The first-order valence-corrected chi connectivity index (χ1v) is 6.33. The van der Waals surface area contributed by atoms with Crippen LogP contribution >= 0.6 is 31.9 Å². The van der Waals surface area contributed by atoms with Crippen LogP contribution < -0.4 is 0 Å². The third-order valence-corrected chi connectivity index (χ3v) is 3.84. The molecular formula is C11H10Br2N2. The zero-order valence-corrected chi connectivity index (χ0v) is 11.7. The Balaban J connectivity index is 2.86. The fraction of sp³-hybridized carbons (Fsp3) is 0.273. The van der Waals surface area contributed by atoms with Gasteiger partial charge in [-0.25, -0.2) is 9.97 Å². The summed E-state index contributed by atoms with van der Waals surface area (Å²) in [6.45, 7) is 4.12. The Morgan fingerprint density at radius 1 is 1.20 bits per heavy atom. The highest BCUT2D eigenvalue weighted by Gasteiger charge is 2.08. The summed E-state index contributed by atoms with van der Waals surface area (Å²) in [5, 5.41) is 1.06. The second kappa shape index (κ2) is 4.18. The molecule has 1 aromatic heterocycles. The van der Waals surface area contributed by atoms with Gasteiger partial charge >= 0.3 is 0 Å². The number of halogens is 2. The quantitative estimate of drug-likeness (QED) is 0.738. The zero-order valence-electron chi connectivity index (χ0n) is 8.51. The molecule has 0 aliphatic rings. The van der Waals surface area contributed by atoms with Gasteiger partial charge in [-0.3, -0.25) is 0 Å². The molecule has 0 spiro atoms. The van der Waals surface area contributed by atoms with Crippen molar-refractivity contribution in [1.82, 2.24) is 9.97 Å². The van der Waals surface area contributed by atoms with Gasteiger partial charge in [-0.05, 0) is 40.5 Å². The van der Waals surface area contributed by atoms with Crippen LogP contribution in [-0.2, 0) is 6.42 Å². The molecule has 0 radical (unpaired) electrons. The van der Waals surface area contributed by atoms with Crippen molar-refractivity contribution in [3.8, 4) is 0 Å². The Hall–Kier alpha value is -0.480. The lowest BCUT2D eigenvalue weighted by Gasteiger charge is -2.06. The van der Waals surface area contributed by atoms with Crippen molar-refractivity contribution in [3.05, 3.63) is 32.6 Å². The molecule has 1 aromatic carbocycles. The van der Waals surface area contributed by atoms with Crippen LogP contribution in [0, 0.1) is 6.92 Å². The van der Waals surface area contributed by atoms with Gasteiger partial charge in [0.05, 0.1) is 5.52 Å². The first-order valence-electron chi connectivity index (χ1n) is 4.74. The highest BCUT2D eigenvalue weighted by molar-refractivity contribution is 9.10. The molecule has 0 aliphatic heterocycles. The van der Waals surface area contributed by atoms with Crippen molar-refractivity contribution in [2.45, 2.75) is 20.3 Å². The Morgan fingerprint density at radius 3 is 2.60 bits per heavy atom. The topological polar surface area (TPSA) is 25.8 Å². The lowest BCUT2D eigenvalue weighted by Crippen LogP contribution is -1.96. The molecule has 0 fully saturated rings. The van der Waals surface area contributed by atoms with Gasteiger partial charge in [0, 0.05) is 16.3 Å². The number of aromatic nitrogens is 2. The number of rotatable bonds is 1. The van der Waals surface area contributed by atoms with Crippen LogP contribution in [0.25, 0.3) is 10.9 Å². The lowest BCUT2D eigenvalue weighted by atomic mass is 10.1. The van der Waals surface area contributed by atoms with Gasteiger partial charge in [-0.2, -0.15) is 0 Å². The fourth-order valence-electron chi connectivity index (χ4n) is 1.47. The smallest absolute Gasteiger partial charge is 0.130 e. The molecule has 1 heterocycles. The van der Waals surface area contributed by atoms with Crippen molar-refractivity contribution in [2.24, 2.45) is 0 Å². The molecule has 0 atom stereocenters. The van der Waals surface area contributed by atoms with E-state index < -0.39 is 0 Å². The number of aryl methyl sites for hydroxylation is 2. The van der Waals surface area contributed by atoms with Crippen molar-refractivity contribution in [2.75, 3.05) is 0 Å². The number of hydrogen-bond donors (Lipinski definition) is 0. The van der Waals surface area contributed by atoms with E-state index in [-0.39, 0.29) is 0 Å². The normalized spacial score (nSPS) is 10.9. The third-order valence-electron chi connectivity index (χ3n) is 2.37. The molecule has 0 N–H and O–H groups in total. The predicted octanol–water partition coefficient (Wildman–Crippen LogP) is 4.03. The largest absolute Gasteiger partial charge is 0.233 e. The molecular weight excluding hydrogens is 320 g/mol. The van der Waals surface area contributed by atoms with Gasteiger partial charge < -0.3 is 0 Å². The minimum Gasteiger partial charge on any atom is -0.233 e. The van der Waals surface area contributed by atoms with Gasteiger partial charge in [-0.15, -0.1) is 0 Å². The van der Waals surface area contributed by atoms with E-state index in [4.69, 9.17) is 0 Å². The molecule has 0 saturated carbocycles. The number of hydrogen-bond acceptors (Lipinski definition) is 2. The lowest BCUT2D eigenvalue weighted by molar-refractivity contribution is 0.949. The third kappa shape index (κ3) is 1.93. The van der Waals surface area contributed by atoms with E-state index in [1.807, 2.05) is 12.1 Å². The van der Waals surface area contributed by atoms with Crippen LogP contribution in [0.3, 0.4) is 0 Å². The zero-order chi connectivity index (χ0) is 11.0. The van der Waals surface area contributed by atoms with Crippen LogP contribution in [-0.4, -0.2) is 9.97 Å². The molecule has 2 rings (SSSR count). The Labute approximate surface area is 105 Å². The van der Waals surface area contributed by atoms with Gasteiger partial charge in [0.1, 0.15) is 10.4 Å². The van der Waals surface area contributed by atoms with E-state index >= 15 is 0 Å². The summed E-state index contributed by atoms with van der Waals surface area (Å²) in [7, 11) is 0. The Kier molecular flexibility index (Phi) is 3.07. The highest BCUT2D eigenvalue weighted by Crippen LogP contribution is 2.28. The highest BCUT2D eigenvalue weighted by atomic mass is 79.9. The van der Waals surface area contributed by atoms with Gasteiger partial charge in [-0.1, -0.05) is 22.9 Å². The maximum atomic E-state index is 4.54. The summed E-state index contributed by atoms with van der Waals surface area (Å²) in [6, 6.07) is 4.05. The first kappa shape index (κ1) is 11.0. The SMILES string of the molecule is CCc1nc(Br)c2ccc(Br)c(C)c2n1. The van der Waals surface area contributed by atoms with E-state index in [0.29, 0.717) is 0 Å². The van der Waals surface area contributed by atoms with Crippen molar-refractivity contribution >= 4 is 42.8 Å². The predicted molar refractivity (Wildman–Crippen MR) is 69.1 cm³/mol. The summed E-state index contributed by atoms with van der Waals surface area (Å²) < 4.78 is 1.96. The Bertz CT molecular complexity index is 523. The summed E-state index contributed by atoms with van der Waals surface area (Å²) in [5.74, 6) is 0.871. The van der Waals surface area contributed by atoms with Crippen molar-refractivity contribution in [1.29, 1.82) is 0 Å². The molecule has 0 aliphatic carbocycles. The van der Waals surface area contributed by atoms with E-state index in [0.717, 1.165) is 37.8 Å². The monoisotopic (exact) mass is 328 g/mol. The Morgan fingerprint density at radius 2 is 1.93 bits per heavy atom. The van der Waals surface area contributed by atoms with Crippen LogP contribution in [0.4, 0.5) is 0 Å². The minimum atomic E-state index is 0.848. The molecule has 0 unspecified atom stereocenters. The summed E-state index contributed by atoms with van der Waals surface area (Å²) in [4.78, 5) is 8.92. The first-order chi connectivity index (χ1) is 7.13. The summed E-state index contributed by atoms with van der Waals surface area (Å²) in [5.41, 5.74) is 2.17. The average molecular weight is 330 g/mol. The number of benzene rings is 1. The molecule has 78 valence electrons. The fourth-order valence-corrected chi connectivity index (χ4v) is 2.32. The molecule has 15 heavy (non-hydrogen) atoms. The second-order valence-corrected chi connectivity index (χ2v) is 4.96. The van der Waals surface area contributed by atoms with E-state index in [9.17, 15) is 0 Å². The van der Waals surface area contributed by atoms with Crippen LogP contribution in [0.15, 0.2) is 21.2 Å². The van der Waals surface area contributed by atoms with Crippen LogP contribution in [0.2, 0.25) is 0 Å². The number of fused-ring (bicyclic) bond motifs is 1. The maximum Gasteiger partial charge on any atom is 0.130 e. The maximum absolute atomic E-state index is 4.54. The van der Waals surface area contributed by atoms with E-state index in [2.05, 4.69) is 55.7 Å². The second-order valence-electron chi connectivity index (χ2n) is 3.35. The molecule has 2 nitrogen and oxygen atoms in total. The minimum absolute atomic E-state index is 0.848. The average Bonchev–Trinajstić information content (AvgIpc) is 2.23. The molecule has 4 heteroatoms. The van der Waals surface area contributed by atoms with Gasteiger partial charge in [0.2, 0.25) is 0 Å². The molecule has 2 aromatic rings. The van der Waals surface area contributed by atoms with Gasteiger partial charge in [0.15, 0.2) is 0 Å². The standard InChI is InChI=1S/C11H10Br2N2/c1-3-9-14-10-6(2)8(12)5-4-7(10)11(13)15-9/h4-5H,3H2,1-2H3. The van der Waals surface area contributed by atoms with Crippen LogP contribution in [0.1, 0.15) is 18.3 Å². The number of nitrogens with zero attached hydrogens (tertiary/aromatic N) is 2. The van der Waals surface area contributed by atoms with Crippen molar-refractivity contribution < 1.29 is 0 Å². The summed E-state index contributed by atoms with van der Waals surface area (Å²) in [6.07, 6.45) is 0.848. The van der Waals surface area contributed by atoms with Crippen LogP contribution in [0.5, 0.6) is 0 Å². The van der Waals surface area contributed by atoms with Crippen molar-refractivity contribution in [3.63, 3.8) is 0 Å². The van der Waals surface area contributed by atoms with E-state index in [1.54, 1.807) is 0 Å². The van der Waals surface area contributed by atoms with Gasteiger partial charge in [0.25, 0.3) is 0 Å².